The minimum absolute atomic E-state index is 0.262. The van der Waals surface area contributed by atoms with Gasteiger partial charge in [-0.3, -0.25) is 9.59 Å². The van der Waals surface area contributed by atoms with E-state index in [9.17, 15) is 9.59 Å². The van der Waals surface area contributed by atoms with Crippen molar-refractivity contribution in [2.75, 3.05) is 5.32 Å². The molecule has 0 saturated carbocycles. The van der Waals surface area contributed by atoms with Crippen molar-refractivity contribution in [2.45, 2.75) is 26.3 Å². The Morgan fingerprint density at radius 1 is 0.917 bits per heavy atom. The summed E-state index contributed by atoms with van der Waals surface area (Å²) in [6.45, 7) is 5.67. The highest BCUT2D eigenvalue weighted by Crippen LogP contribution is 2.21. The van der Waals surface area contributed by atoms with Crippen LogP contribution in [-0.2, 0) is 0 Å². The second-order valence-electron chi connectivity index (χ2n) is 6.36. The summed E-state index contributed by atoms with van der Waals surface area (Å²) in [5.41, 5.74) is 0.738. The molecule has 2 rings (SSSR count). The van der Waals surface area contributed by atoms with Crippen LogP contribution in [0.4, 0.5) is 5.69 Å². The molecule has 0 radical (unpaired) electrons. The summed E-state index contributed by atoms with van der Waals surface area (Å²) in [6.07, 6.45) is 0. The predicted molar refractivity (Wildman–Crippen MR) is 98.1 cm³/mol. The number of para-hydroxylation sites is 1. The van der Waals surface area contributed by atoms with Crippen LogP contribution in [0.3, 0.4) is 0 Å². The van der Waals surface area contributed by atoms with E-state index in [1.807, 2.05) is 20.8 Å². The molecule has 2 aromatic rings. The lowest BCUT2D eigenvalue weighted by Crippen LogP contribution is -2.40. The average Bonchev–Trinajstić information content (AvgIpc) is 2.44. The summed E-state index contributed by atoms with van der Waals surface area (Å²) in [4.78, 5) is 24.8. The van der Waals surface area contributed by atoms with Gasteiger partial charge >= 0.3 is 0 Å². The van der Waals surface area contributed by atoms with E-state index in [0.717, 1.165) is 0 Å². The number of hydrogen-bond donors (Lipinski definition) is 2. The van der Waals surface area contributed by atoms with Gasteiger partial charge in [-0.05, 0) is 51.1 Å². The Morgan fingerprint density at radius 2 is 1.50 bits per heavy atom. The van der Waals surface area contributed by atoms with E-state index in [4.69, 9.17) is 23.2 Å². The number of rotatable bonds is 3. The molecule has 2 aromatic carbocycles. The summed E-state index contributed by atoms with van der Waals surface area (Å²) < 4.78 is 0. The Labute approximate surface area is 151 Å². The number of anilines is 1. The fourth-order valence-corrected chi connectivity index (χ4v) is 2.60. The van der Waals surface area contributed by atoms with E-state index in [0.29, 0.717) is 26.9 Å². The van der Waals surface area contributed by atoms with Crippen molar-refractivity contribution < 1.29 is 9.59 Å². The zero-order valence-corrected chi connectivity index (χ0v) is 15.1. The quantitative estimate of drug-likeness (QED) is 0.823. The van der Waals surface area contributed by atoms with Gasteiger partial charge < -0.3 is 10.6 Å². The highest BCUT2D eigenvalue weighted by atomic mass is 35.5. The lowest BCUT2D eigenvalue weighted by atomic mass is 10.1. The lowest BCUT2D eigenvalue weighted by molar-refractivity contribution is 0.0920. The Bertz CT molecular complexity index is 763. The summed E-state index contributed by atoms with van der Waals surface area (Å²) in [7, 11) is 0. The van der Waals surface area contributed by atoms with E-state index in [1.54, 1.807) is 30.3 Å². The van der Waals surface area contributed by atoms with Crippen LogP contribution in [-0.4, -0.2) is 17.4 Å². The standard InChI is InChI=1S/C18H18Cl2N2O2/c1-18(2,3)22-17(24)14-6-4-5-7-15(14)21-16(23)11-8-12(19)10-13(20)9-11/h4-10H,1-3H3,(H,21,23)(H,22,24). The normalized spacial score (nSPS) is 11.0. The number of hydrogen-bond acceptors (Lipinski definition) is 2. The first-order valence-electron chi connectivity index (χ1n) is 7.35. The van der Waals surface area contributed by atoms with E-state index in [-0.39, 0.29) is 11.4 Å². The maximum Gasteiger partial charge on any atom is 0.255 e. The fourth-order valence-electron chi connectivity index (χ4n) is 2.08. The van der Waals surface area contributed by atoms with Gasteiger partial charge in [0.25, 0.3) is 11.8 Å². The Kier molecular flexibility index (Phi) is 5.52. The molecular formula is C18H18Cl2N2O2. The van der Waals surface area contributed by atoms with Crippen molar-refractivity contribution in [3.63, 3.8) is 0 Å². The second kappa shape index (κ2) is 7.24. The van der Waals surface area contributed by atoms with Gasteiger partial charge in [0.15, 0.2) is 0 Å². The molecule has 0 unspecified atom stereocenters. The number of carbonyl (C=O) groups is 2. The molecule has 2 N–H and O–H groups in total. The number of benzene rings is 2. The van der Waals surface area contributed by atoms with Gasteiger partial charge in [-0.1, -0.05) is 35.3 Å². The summed E-state index contributed by atoms with van der Waals surface area (Å²) in [6, 6.07) is 11.4. The molecule has 0 fully saturated rings. The van der Waals surface area contributed by atoms with Gasteiger partial charge in [0.05, 0.1) is 11.3 Å². The molecule has 126 valence electrons. The molecule has 0 aliphatic carbocycles. The zero-order chi connectivity index (χ0) is 17.9. The Morgan fingerprint density at radius 3 is 2.08 bits per heavy atom. The minimum Gasteiger partial charge on any atom is -0.347 e. The van der Waals surface area contributed by atoms with Gasteiger partial charge in [0.2, 0.25) is 0 Å². The van der Waals surface area contributed by atoms with Crippen molar-refractivity contribution in [3.05, 3.63) is 63.6 Å². The molecule has 0 aliphatic rings. The molecule has 4 nitrogen and oxygen atoms in total. The first-order valence-corrected chi connectivity index (χ1v) is 8.10. The molecule has 0 atom stereocenters. The molecule has 24 heavy (non-hydrogen) atoms. The van der Waals surface area contributed by atoms with Crippen LogP contribution in [0.5, 0.6) is 0 Å². The molecule has 0 heterocycles. The SMILES string of the molecule is CC(C)(C)NC(=O)c1ccccc1NC(=O)c1cc(Cl)cc(Cl)c1. The average molecular weight is 365 g/mol. The summed E-state index contributed by atoms with van der Waals surface area (Å²) in [5, 5.41) is 6.34. The van der Waals surface area contributed by atoms with Gasteiger partial charge in [0, 0.05) is 21.1 Å². The van der Waals surface area contributed by atoms with Gasteiger partial charge in [-0.15, -0.1) is 0 Å². The Balaban J connectivity index is 2.27. The minimum atomic E-state index is -0.393. The largest absolute Gasteiger partial charge is 0.347 e. The number of nitrogens with one attached hydrogen (secondary N) is 2. The van der Waals surface area contributed by atoms with Crippen LogP contribution < -0.4 is 10.6 Å². The van der Waals surface area contributed by atoms with Crippen molar-refractivity contribution in [2.24, 2.45) is 0 Å². The van der Waals surface area contributed by atoms with Crippen LogP contribution in [0.15, 0.2) is 42.5 Å². The Hall–Kier alpha value is -2.04. The van der Waals surface area contributed by atoms with E-state index in [2.05, 4.69) is 10.6 Å². The molecule has 6 heteroatoms. The van der Waals surface area contributed by atoms with Crippen molar-refractivity contribution >= 4 is 40.7 Å². The maximum absolute atomic E-state index is 12.4. The third-order valence-electron chi connectivity index (χ3n) is 3.03. The maximum atomic E-state index is 12.4. The van der Waals surface area contributed by atoms with Crippen LogP contribution >= 0.6 is 23.2 Å². The molecule has 0 aliphatic heterocycles. The highest BCUT2D eigenvalue weighted by Gasteiger charge is 2.19. The summed E-state index contributed by atoms with van der Waals surface area (Å²) in [5.74, 6) is -0.655. The monoisotopic (exact) mass is 364 g/mol. The summed E-state index contributed by atoms with van der Waals surface area (Å²) >= 11 is 11.8. The van der Waals surface area contributed by atoms with Crippen molar-refractivity contribution in [1.29, 1.82) is 0 Å². The van der Waals surface area contributed by atoms with E-state index in [1.165, 1.54) is 12.1 Å². The topological polar surface area (TPSA) is 58.2 Å². The van der Waals surface area contributed by atoms with Gasteiger partial charge in [-0.2, -0.15) is 0 Å². The molecule has 0 bridgehead atoms. The van der Waals surface area contributed by atoms with Crippen LogP contribution in [0.25, 0.3) is 0 Å². The van der Waals surface area contributed by atoms with E-state index < -0.39 is 5.91 Å². The molecule has 0 saturated heterocycles. The first kappa shape index (κ1) is 18.3. The first-order chi connectivity index (χ1) is 11.2. The third kappa shape index (κ3) is 4.98. The zero-order valence-electron chi connectivity index (χ0n) is 13.6. The van der Waals surface area contributed by atoms with Gasteiger partial charge in [-0.25, -0.2) is 0 Å². The van der Waals surface area contributed by atoms with Crippen LogP contribution in [0, 0.1) is 0 Å². The number of carbonyl (C=O) groups excluding carboxylic acids is 2. The van der Waals surface area contributed by atoms with Crippen molar-refractivity contribution in [1.82, 2.24) is 5.32 Å². The van der Waals surface area contributed by atoms with E-state index >= 15 is 0 Å². The molecular weight excluding hydrogens is 347 g/mol. The van der Waals surface area contributed by atoms with Gasteiger partial charge in [0.1, 0.15) is 0 Å². The molecule has 2 amide bonds. The van der Waals surface area contributed by atoms with Crippen LogP contribution in [0.1, 0.15) is 41.5 Å². The molecule has 0 aromatic heterocycles. The number of amides is 2. The fraction of sp³-hybridized carbons (Fsp3) is 0.222. The smallest absolute Gasteiger partial charge is 0.255 e. The predicted octanol–water partition coefficient (Wildman–Crippen LogP) is 4.77. The van der Waals surface area contributed by atoms with Crippen LogP contribution in [0.2, 0.25) is 10.0 Å². The number of halogens is 2. The third-order valence-corrected chi connectivity index (χ3v) is 3.47. The highest BCUT2D eigenvalue weighted by molar-refractivity contribution is 6.35. The molecule has 0 spiro atoms. The lowest BCUT2D eigenvalue weighted by Gasteiger charge is -2.21. The second-order valence-corrected chi connectivity index (χ2v) is 7.23. The van der Waals surface area contributed by atoms with Crippen molar-refractivity contribution in [3.8, 4) is 0 Å².